The Hall–Kier alpha value is -2.24. The van der Waals surface area contributed by atoms with Crippen LogP contribution in [-0.2, 0) is 7.05 Å². The lowest BCUT2D eigenvalue weighted by atomic mass is 10.1. The highest BCUT2D eigenvalue weighted by molar-refractivity contribution is 5.91. The first-order valence-electron chi connectivity index (χ1n) is 4.77. The molecule has 0 bridgehead atoms. The van der Waals surface area contributed by atoms with Crippen molar-refractivity contribution in [2.75, 3.05) is 5.73 Å². The van der Waals surface area contributed by atoms with Gasteiger partial charge in [-0.3, -0.25) is 9.48 Å². The van der Waals surface area contributed by atoms with Crippen molar-refractivity contribution >= 4 is 12.1 Å². The highest BCUT2D eigenvalue weighted by atomic mass is 19.1. The highest BCUT2D eigenvalue weighted by Gasteiger charge is 2.18. The summed E-state index contributed by atoms with van der Waals surface area (Å²) >= 11 is 0. The number of aromatic nitrogens is 2. The van der Waals surface area contributed by atoms with Crippen LogP contribution < -0.4 is 5.73 Å². The number of nitrogen functional groups attached to an aromatic ring is 1. The van der Waals surface area contributed by atoms with Gasteiger partial charge < -0.3 is 5.73 Å². The van der Waals surface area contributed by atoms with Crippen LogP contribution in [0.2, 0.25) is 0 Å². The molecular weight excluding hydrogens is 228 g/mol. The van der Waals surface area contributed by atoms with E-state index in [9.17, 15) is 13.6 Å². The first-order valence-corrected chi connectivity index (χ1v) is 4.77. The fourth-order valence-corrected chi connectivity index (χ4v) is 1.55. The van der Waals surface area contributed by atoms with E-state index in [-0.39, 0.29) is 22.6 Å². The SMILES string of the molecule is Cn1nc(-c2cc(F)ccc2F)c(C=O)c1N. The molecule has 0 unspecified atom stereocenters. The Morgan fingerprint density at radius 1 is 1.41 bits per heavy atom. The number of hydrogen-bond donors (Lipinski definition) is 1. The molecule has 0 saturated carbocycles. The molecule has 0 saturated heterocycles. The number of anilines is 1. The van der Waals surface area contributed by atoms with Gasteiger partial charge in [0.2, 0.25) is 0 Å². The smallest absolute Gasteiger partial charge is 0.156 e. The Balaban J connectivity index is 2.72. The van der Waals surface area contributed by atoms with Gasteiger partial charge >= 0.3 is 0 Å². The first-order chi connectivity index (χ1) is 8.04. The first kappa shape index (κ1) is 11.3. The quantitative estimate of drug-likeness (QED) is 0.809. The van der Waals surface area contributed by atoms with E-state index in [2.05, 4.69) is 5.10 Å². The van der Waals surface area contributed by atoms with E-state index in [1.807, 2.05) is 0 Å². The fraction of sp³-hybridized carbons (Fsp3) is 0.0909. The highest BCUT2D eigenvalue weighted by Crippen LogP contribution is 2.27. The number of aryl methyl sites for hydroxylation is 1. The van der Waals surface area contributed by atoms with Crippen molar-refractivity contribution in [3.8, 4) is 11.3 Å². The maximum Gasteiger partial charge on any atom is 0.156 e. The molecule has 0 aliphatic carbocycles. The Bertz CT molecular complexity index is 593. The predicted molar refractivity (Wildman–Crippen MR) is 58.4 cm³/mol. The fourth-order valence-electron chi connectivity index (χ4n) is 1.55. The lowest BCUT2D eigenvalue weighted by molar-refractivity contribution is 0.112. The number of rotatable bonds is 2. The van der Waals surface area contributed by atoms with E-state index in [0.29, 0.717) is 6.29 Å². The number of carbonyl (C=O) groups is 1. The topological polar surface area (TPSA) is 60.9 Å². The van der Waals surface area contributed by atoms with Gasteiger partial charge in [0.25, 0.3) is 0 Å². The molecule has 0 aliphatic heterocycles. The van der Waals surface area contributed by atoms with Crippen molar-refractivity contribution in [2.45, 2.75) is 0 Å². The molecule has 2 N–H and O–H groups in total. The number of hydrogen-bond acceptors (Lipinski definition) is 3. The average Bonchev–Trinajstić information content (AvgIpc) is 2.58. The van der Waals surface area contributed by atoms with Gasteiger partial charge in [0, 0.05) is 12.6 Å². The predicted octanol–water partition coefficient (Wildman–Crippen LogP) is 1.76. The maximum atomic E-state index is 13.5. The Morgan fingerprint density at radius 2 is 2.12 bits per heavy atom. The van der Waals surface area contributed by atoms with Crippen LogP contribution in [0.1, 0.15) is 10.4 Å². The van der Waals surface area contributed by atoms with Crippen LogP contribution in [0.3, 0.4) is 0 Å². The van der Waals surface area contributed by atoms with E-state index in [1.54, 1.807) is 0 Å². The summed E-state index contributed by atoms with van der Waals surface area (Å²) in [6, 6.07) is 2.94. The summed E-state index contributed by atoms with van der Waals surface area (Å²) < 4.78 is 27.8. The van der Waals surface area contributed by atoms with Crippen molar-refractivity contribution < 1.29 is 13.6 Å². The van der Waals surface area contributed by atoms with E-state index in [0.717, 1.165) is 18.2 Å². The molecule has 88 valence electrons. The normalized spacial score (nSPS) is 10.5. The van der Waals surface area contributed by atoms with Crippen LogP contribution in [-0.4, -0.2) is 16.1 Å². The zero-order valence-electron chi connectivity index (χ0n) is 8.95. The molecule has 1 aromatic carbocycles. The van der Waals surface area contributed by atoms with Crippen LogP contribution in [0.25, 0.3) is 11.3 Å². The minimum atomic E-state index is -0.660. The lowest BCUT2D eigenvalue weighted by Gasteiger charge is -2.00. The van der Waals surface area contributed by atoms with Crippen LogP contribution in [0, 0.1) is 11.6 Å². The van der Waals surface area contributed by atoms with Gasteiger partial charge in [-0.2, -0.15) is 5.10 Å². The molecule has 17 heavy (non-hydrogen) atoms. The number of benzene rings is 1. The summed E-state index contributed by atoms with van der Waals surface area (Å²) in [5, 5.41) is 3.91. The van der Waals surface area contributed by atoms with Crippen molar-refractivity contribution in [1.82, 2.24) is 9.78 Å². The third-order valence-electron chi connectivity index (χ3n) is 2.43. The molecule has 0 aliphatic rings. The molecule has 0 amide bonds. The van der Waals surface area contributed by atoms with Crippen molar-refractivity contribution in [3.63, 3.8) is 0 Å². The van der Waals surface area contributed by atoms with E-state index in [4.69, 9.17) is 5.73 Å². The summed E-state index contributed by atoms with van der Waals surface area (Å²) in [5.41, 5.74) is 5.60. The van der Waals surface area contributed by atoms with Gasteiger partial charge in [-0.15, -0.1) is 0 Å². The third-order valence-corrected chi connectivity index (χ3v) is 2.43. The third kappa shape index (κ3) is 1.77. The summed E-state index contributed by atoms with van der Waals surface area (Å²) in [7, 11) is 1.52. The molecule has 0 spiro atoms. The number of carbonyl (C=O) groups excluding carboxylic acids is 1. The van der Waals surface area contributed by atoms with Gasteiger partial charge in [-0.05, 0) is 18.2 Å². The summed E-state index contributed by atoms with van der Waals surface area (Å²) in [4.78, 5) is 10.9. The Kier molecular flexibility index (Phi) is 2.63. The molecule has 4 nitrogen and oxygen atoms in total. The molecule has 0 atom stereocenters. The second-order valence-electron chi connectivity index (χ2n) is 3.51. The molecule has 6 heteroatoms. The molecule has 2 rings (SSSR count). The number of nitrogens with two attached hydrogens (primary N) is 1. The molecule has 1 heterocycles. The van der Waals surface area contributed by atoms with Crippen molar-refractivity contribution in [3.05, 3.63) is 35.4 Å². The summed E-state index contributed by atoms with van der Waals surface area (Å²) in [6.07, 6.45) is 0.474. The lowest BCUT2D eigenvalue weighted by Crippen LogP contribution is -1.98. The zero-order chi connectivity index (χ0) is 12.6. The van der Waals surface area contributed by atoms with Crippen LogP contribution >= 0.6 is 0 Å². The molecule has 0 radical (unpaired) electrons. The van der Waals surface area contributed by atoms with Gasteiger partial charge in [0.15, 0.2) is 6.29 Å². The molecule has 1 aromatic heterocycles. The Labute approximate surface area is 95.7 Å². The summed E-state index contributed by atoms with van der Waals surface area (Å²) in [5.74, 6) is -1.16. The van der Waals surface area contributed by atoms with Crippen LogP contribution in [0.4, 0.5) is 14.6 Å². The van der Waals surface area contributed by atoms with E-state index >= 15 is 0 Å². The van der Waals surface area contributed by atoms with Crippen LogP contribution in [0.15, 0.2) is 18.2 Å². The second-order valence-corrected chi connectivity index (χ2v) is 3.51. The largest absolute Gasteiger partial charge is 0.383 e. The summed E-state index contributed by atoms with van der Waals surface area (Å²) in [6.45, 7) is 0. The average molecular weight is 237 g/mol. The van der Waals surface area contributed by atoms with Gasteiger partial charge in [-0.1, -0.05) is 0 Å². The van der Waals surface area contributed by atoms with Crippen LogP contribution in [0.5, 0.6) is 0 Å². The maximum absolute atomic E-state index is 13.5. The Morgan fingerprint density at radius 3 is 2.76 bits per heavy atom. The molecule has 0 fully saturated rings. The van der Waals surface area contributed by atoms with E-state index in [1.165, 1.54) is 11.7 Å². The minimum absolute atomic E-state index is 0.0389. The molecule has 2 aromatic rings. The minimum Gasteiger partial charge on any atom is -0.383 e. The van der Waals surface area contributed by atoms with Crippen molar-refractivity contribution in [1.29, 1.82) is 0 Å². The van der Waals surface area contributed by atoms with Gasteiger partial charge in [-0.25, -0.2) is 8.78 Å². The van der Waals surface area contributed by atoms with Gasteiger partial charge in [0.1, 0.15) is 23.1 Å². The van der Waals surface area contributed by atoms with Gasteiger partial charge in [0.05, 0.1) is 5.56 Å². The standard InChI is InChI=1S/C11H9F2N3O/c1-16-11(14)8(5-17)10(15-16)7-4-6(12)2-3-9(7)13/h2-5H,14H2,1H3. The second kappa shape index (κ2) is 3.97. The number of halogens is 2. The van der Waals surface area contributed by atoms with E-state index < -0.39 is 11.6 Å². The number of nitrogens with zero attached hydrogens (tertiary/aromatic N) is 2. The monoisotopic (exact) mass is 237 g/mol. The van der Waals surface area contributed by atoms with Crippen molar-refractivity contribution in [2.24, 2.45) is 7.05 Å². The number of aldehydes is 1. The zero-order valence-corrected chi connectivity index (χ0v) is 8.95. The molecular formula is C11H9F2N3O.